The highest BCUT2D eigenvalue weighted by Crippen LogP contribution is 2.41. The number of nitrogens with two attached hydrogens (primary N) is 1. The van der Waals surface area contributed by atoms with Crippen molar-refractivity contribution in [1.29, 1.82) is 0 Å². The molecule has 2 N–H and O–H groups in total. The highest BCUT2D eigenvalue weighted by molar-refractivity contribution is 7.80. The molecule has 2 aliphatic heterocycles. The topological polar surface area (TPSA) is 83.7 Å². The van der Waals surface area contributed by atoms with Crippen LogP contribution in [-0.4, -0.2) is 59.0 Å². The lowest BCUT2D eigenvalue weighted by Crippen LogP contribution is -2.71. The summed E-state index contributed by atoms with van der Waals surface area (Å²) in [5.41, 5.74) is 4.79. The molecule has 118 valence electrons. The van der Waals surface area contributed by atoms with Gasteiger partial charge >= 0.3 is 0 Å². The van der Waals surface area contributed by atoms with Crippen LogP contribution in [0.5, 0.6) is 0 Å². The maximum absolute atomic E-state index is 12.5. The number of likely N-dealkylation sites (tertiary alicyclic amines) is 2. The first-order valence-electron chi connectivity index (χ1n) is 7.32. The van der Waals surface area contributed by atoms with Gasteiger partial charge in [-0.1, -0.05) is 13.8 Å². The number of thiol groups is 1. The van der Waals surface area contributed by atoms with Crippen molar-refractivity contribution in [2.45, 2.75) is 32.7 Å². The minimum atomic E-state index is -0.650. The van der Waals surface area contributed by atoms with Gasteiger partial charge in [0, 0.05) is 31.3 Å². The minimum absolute atomic E-state index is 0.0674. The van der Waals surface area contributed by atoms with E-state index < -0.39 is 17.4 Å². The summed E-state index contributed by atoms with van der Waals surface area (Å²) in [6.45, 7) is 5.38. The number of piperidine rings is 1. The molecule has 0 aromatic heterocycles. The lowest BCUT2D eigenvalue weighted by atomic mass is 9.71. The third-order valence-corrected chi connectivity index (χ3v) is 4.79. The molecule has 0 radical (unpaired) electrons. The average molecular weight is 313 g/mol. The van der Waals surface area contributed by atoms with Crippen LogP contribution in [0.1, 0.15) is 26.7 Å². The molecule has 1 spiro atoms. The van der Waals surface area contributed by atoms with Crippen LogP contribution in [0.4, 0.5) is 0 Å². The van der Waals surface area contributed by atoms with E-state index in [4.69, 9.17) is 5.73 Å². The lowest BCUT2D eigenvalue weighted by molar-refractivity contribution is -0.173. The minimum Gasteiger partial charge on any atom is -0.368 e. The largest absolute Gasteiger partial charge is 0.368 e. The number of hydrogen-bond acceptors (Lipinski definition) is 4. The number of rotatable bonds is 4. The smallest absolute Gasteiger partial charge is 0.241 e. The first kappa shape index (κ1) is 16.1. The number of primary amides is 1. The second kappa shape index (κ2) is 5.87. The van der Waals surface area contributed by atoms with Crippen LogP contribution in [-0.2, 0) is 14.4 Å². The average Bonchev–Trinajstić information content (AvgIpc) is 2.46. The molecule has 2 rings (SSSR count). The number of carbonyl (C=O) groups is 3. The number of hydrogen-bond donors (Lipinski definition) is 2. The fourth-order valence-electron chi connectivity index (χ4n) is 3.26. The summed E-state index contributed by atoms with van der Waals surface area (Å²) >= 11 is 4.09. The quantitative estimate of drug-likeness (QED) is 0.560. The molecule has 2 heterocycles. The van der Waals surface area contributed by atoms with Crippen molar-refractivity contribution in [2.24, 2.45) is 17.1 Å². The van der Waals surface area contributed by atoms with Gasteiger partial charge in [0.05, 0.1) is 5.41 Å². The predicted octanol–water partition coefficient (Wildman–Crippen LogP) is -0.123. The third kappa shape index (κ3) is 2.75. The van der Waals surface area contributed by atoms with Gasteiger partial charge in [0.2, 0.25) is 17.7 Å². The molecular weight excluding hydrogens is 290 g/mol. The summed E-state index contributed by atoms with van der Waals surface area (Å²) in [6.07, 6.45) is 1.59. The summed E-state index contributed by atoms with van der Waals surface area (Å²) in [5.74, 6) is -0.352. The van der Waals surface area contributed by atoms with Crippen LogP contribution in [0.15, 0.2) is 0 Å². The van der Waals surface area contributed by atoms with Crippen LogP contribution in [0, 0.1) is 11.3 Å². The molecule has 1 unspecified atom stereocenters. The van der Waals surface area contributed by atoms with Gasteiger partial charge in [-0.3, -0.25) is 14.4 Å². The normalized spacial score (nSPS) is 27.0. The maximum Gasteiger partial charge on any atom is 0.241 e. The van der Waals surface area contributed by atoms with Crippen LogP contribution in [0.3, 0.4) is 0 Å². The molecule has 0 bridgehead atoms. The van der Waals surface area contributed by atoms with Crippen LogP contribution >= 0.6 is 12.6 Å². The molecule has 0 aromatic carbocycles. The third-order valence-electron chi connectivity index (χ3n) is 4.45. The molecular formula is C14H23N3O3S. The van der Waals surface area contributed by atoms with Gasteiger partial charge in [0.25, 0.3) is 0 Å². The number of amides is 3. The van der Waals surface area contributed by atoms with E-state index in [1.807, 2.05) is 13.8 Å². The van der Waals surface area contributed by atoms with Gasteiger partial charge in [-0.05, 0) is 12.8 Å². The summed E-state index contributed by atoms with van der Waals surface area (Å²) in [6, 6.07) is -0.650. The van der Waals surface area contributed by atoms with Gasteiger partial charge in [-0.2, -0.15) is 12.6 Å². The zero-order valence-corrected chi connectivity index (χ0v) is 13.4. The molecule has 3 amide bonds. The second-order valence-electron chi connectivity index (χ2n) is 6.33. The van der Waals surface area contributed by atoms with Crippen molar-refractivity contribution in [1.82, 2.24) is 9.80 Å². The Balaban J connectivity index is 2.07. The summed E-state index contributed by atoms with van der Waals surface area (Å²) < 4.78 is 0. The van der Waals surface area contributed by atoms with Crippen LogP contribution in [0.2, 0.25) is 0 Å². The van der Waals surface area contributed by atoms with E-state index in [0.29, 0.717) is 19.6 Å². The molecule has 2 fully saturated rings. The molecule has 2 saturated heterocycles. The van der Waals surface area contributed by atoms with Crippen LogP contribution in [0.25, 0.3) is 0 Å². The Hall–Kier alpha value is -1.24. The van der Waals surface area contributed by atoms with Gasteiger partial charge in [-0.25, -0.2) is 0 Å². The Morgan fingerprint density at radius 2 is 2.05 bits per heavy atom. The van der Waals surface area contributed by atoms with Crippen molar-refractivity contribution in [3.05, 3.63) is 0 Å². The standard InChI is InChI=1S/C14H23N3O3S/c1-9(2)12(19)16-5-3-4-14(7-16)8-17(13(14)20)10(6-21)11(15)18/h9-10,21H,3-8H2,1-2H3,(H2,15,18)/t10-,14?/m0/s1. The van der Waals surface area contributed by atoms with Crippen molar-refractivity contribution in [3.8, 4) is 0 Å². The van der Waals surface area contributed by atoms with E-state index in [2.05, 4.69) is 12.6 Å². The van der Waals surface area contributed by atoms with Gasteiger partial charge in [-0.15, -0.1) is 0 Å². The lowest BCUT2D eigenvalue weighted by Gasteiger charge is -2.54. The molecule has 0 saturated carbocycles. The van der Waals surface area contributed by atoms with Crippen LogP contribution < -0.4 is 5.73 Å². The Morgan fingerprint density at radius 1 is 1.38 bits per heavy atom. The van der Waals surface area contributed by atoms with Crippen molar-refractivity contribution in [2.75, 3.05) is 25.4 Å². The van der Waals surface area contributed by atoms with Crippen molar-refractivity contribution in [3.63, 3.8) is 0 Å². The fraction of sp³-hybridized carbons (Fsp3) is 0.786. The van der Waals surface area contributed by atoms with E-state index in [-0.39, 0.29) is 23.5 Å². The van der Waals surface area contributed by atoms with Crippen molar-refractivity contribution < 1.29 is 14.4 Å². The first-order valence-corrected chi connectivity index (χ1v) is 7.95. The highest BCUT2D eigenvalue weighted by atomic mass is 32.1. The summed E-state index contributed by atoms with van der Waals surface area (Å²) in [5, 5.41) is 0. The first-order chi connectivity index (χ1) is 9.82. The van der Waals surface area contributed by atoms with Crippen molar-refractivity contribution >= 4 is 30.4 Å². The predicted molar refractivity (Wildman–Crippen MR) is 81.6 cm³/mol. The monoisotopic (exact) mass is 313 g/mol. The number of β-lactam (4-membered cyclic amide) rings is 1. The van der Waals surface area contributed by atoms with E-state index in [1.165, 1.54) is 4.90 Å². The molecule has 2 aliphatic rings. The highest BCUT2D eigenvalue weighted by Gasteiger charge is 2.56. The molecule has 0 aliphatic carbocycles. The van der Waals surface area contributed by atoms with Gasteiger partial charge in [0.15, 0.2) is 0 Å². The summed E-state index contributed by atoms with van der Waals surface area (Å²) in [7, 11) is 0. The Morgan fingerprint density at radius 3 is 2.52 bits per heavy atom. The molecule has 2 atom stereocenters. The summed E-state index contributed by atoms with van der Waals surface area (Å²) in [4.78, 5) is 39.3. The Kier molecular flexibility index (Phi) is 4.51. The molecule has 7 heteroatoms. The molecule has 21 heavy (non-hydrogen) atoms. The van der Waals surface area contributed by atoms with E-state index in [9.17, 15) is 14.4 Å². The van der Waals surface area contributed by atoms with E-state index in [0.717, 1.165) is 12.8 Å². The zero-order chi connectivity index (χ0) is 15.8. The maximum atomic E-state index is 12.5. The number of nitrogens with zero attached hydrogens (tertiary/aromatic N) is 2. The van der Waals surface area contributed by atoms with E-state index >= 15 is 0 Å². The molecule has 6 nitrogen and oxygen atoms in total. The van der Waals surface area contributed by atoms with Gasteiger partial charge in [0.1, 0.15) is 6.04 Å². The fourth-order valence-corrected chi connectivity index (χ4v) is 3.64. The zero-order valence-electron chi connectivity index (χ0n) is 12.5. The van der Waals surface area contributed by atoms with Gasteiger partial charge < -0.3 is 15.5 Å². The Bertz CT molecular complexity index is 468. The second-order valence-corrected chi connectivity index (χ2v) is 6.70. The number of carbonyl (C=O) groups excluding carboxylic acids is 3. The van der Waals surface area contributed by atoms with E-state index in [1.54, 1.807) is 4.90 Å². The SMILES string of the molecule is CC(C)C(=O)N1CCCC2(C1)CN([C@@H](CS)C(N)=O)C2=O. The Labute approximate surface area is 130 Å². The molecule has 0 aromatic rings.